The quantitative estimate of drug-likeness (QED) is 0.750. The number of aliphatic hydroxyl groups excluding tert-OH is 1. The van der Waals surface area contributed by atoms with Gasteiger partial charge < -0.3 is 15.7 Å². The summed E-state index contributed by atoms with van der Waals surface area (Å²) in [4.78, 5) is 14.1. The van der Waals surface area contributed by atoms with Gasteiger partial charge in [-0.3, -0.25) is 4.79 Å². The van der Waals surface area contributed by atoms with Crippen molar-refractivity contribution in [2.75, 3.05) is 13.2 Å². The summed E-state index contributed by atoms with van der Waals surface area (Å²) in [6.45, 7) is 4.65. The molecule has 1 rings (SSSR count). The Kier molecular flexibility index (Phi) is 4.74. The second-order valence-electron chi connectivity index (χ2n) is 4.93. The molecular formula is C12H24N2O2. The minimum absolute atomic E-state index is 0.0353. The summed E-state index contributed by atoms with van der Waals surface area (Å²) in [5, 5.41) is 9.01. The Hall–Kier alpha value is -0.610. The zero-order valence-corrected chi connectivity index (χ0v) is 10.4. The molecule has 94 valence electrons. The lowest BCUT2D eigenvalue weighted by Crippen LogP contribution is -2.57. The first-order chi connectivity index (χ1) is 7.53. The van der Waals surface area contributed by atoms with Gasteiger partial charge in [-0.1, -0.05) is 6.92 Å². The molecule has 0 saturated carbocycles. The van der Waals surface area contributed by atoms with Crippen LogP contribution in [0.3, 0.4) is 0 Å². The molecule has 0 aromatic rings. The van der Waals surface area contributed by atoms with Crippen LogP contribution in [0.5, 0.6) is 0 Å². The topological polar surface area (TPSA) is 66.6 Å². The van der Waals surface area contributed by atoms with Crippen molar-refractivity contribution in [2.24, 2.45) is 5.73 Å². The number of rotatable bonds is 4. The zero-order chi connectivity index (χ0) is 12.2. The summed E-state index contributed by atoms with van der Waals surface area (Å²) in [5.74, 6) is 0.0353. The highest BCUT2D eigenvalue weighted by Gasteiger charge is 2.35. The summed E-state index contributed by atoms with van der Waals surface area (Å²) in [7, 11) is 0. The highest BCUT2D eigenvalue weighted by Crippen LogP contribution is 2.23. The number of carbonyl (C=O) groups is 1. The molecule has 0 aromatic heterocycles. The molecule has 4 heteroatoms. The molecule has 1 fully saturated rings. The van der Waals surface area contributed by atoms with E-state index in [0.717, 1.165) is 25.8 Å². The van der Waals surface area contributed by atoms with Crippen molar-refractivity contribution in [1.29, 1.82) is 0 Å². The largest absolute Gasteiger partial charge is 0.396 e. The van der Waals surface area contributed by atoms with Gasteiger partial charge in [-0.05, 0) is 39.0 Å². The van der Waals surface area contributed by atoms with Crippen LogP contribution >= 0.6 is 0 Å². The maximum absolute atomic E-state index is 12.3. The van der Waals surface area contributed by atoms with Crippen LogP contribution in [0.15, 0.2) is 0 Å². The first-order valence-electron chi connectivity index (χ1n) is 6.23. The van der Waals surface area contributed by atoms with Gasteiger partial charge in [0.1, 0.15) is 0 Å². The molecule has 3 N–H and O–H groups in total. The summed E-state index contributed by atoms with van der Waals surface area (Å²) in [5.41, 5.74) is 5.24. The smallest absolute Gasteiger partial charge is 0.242 e. The molecule has 16 heavy (non-hydrogen) atoms. The molecule has 1 saturated heterocycles. The summed E-state index contributed by atoms with van der Waals surface area (Å²) in [6.07, 6.45) is 4.50. The van der Waals surface area contributed by atoms with E-state index in [1.807, 2.05) is 11.8 Å². The van der Waals surface area contributed by atoms with E-state index < -0.39 is 5.54 Å². The fourth-order valence-corrected chi connectivity index (χ4v) is 2.20. The van der Waals surface area contributed by atoms with Crippen LogP contribution in [-0.4, -0.2) is 40.6 Å². The van der Waals surface area contributed by atoms with Crippen molar-refractivity contribution < 1.29 is 9.90 Å². The Balaban J connectivity index is 2.71. The number of nitrogens with zero attached hydrogens (tertiary/aromatic N) is 1. The van der Waals surface area contributed by atoms with Crippen molar-refractivity contribution in [3.05, 3.63) is 0 Å². The Morgan fingerprint density at radius 2 is 2.25 bits per heavy atom. The Labute approximate surface area is 97.8 Å². The maximum Gasteiger partial charge on any atom is 0.242 e. The fourth-order valence-electron chi connectivity index (χ4n) is 2.20. The number of nitrogens with two attached hydrogens (primary N) is 1. The van der Waals surface area contributed by atoms with E-state index in [1.165, 1.54) is 0 Å². The monoisotopic (exact) mass is 228 g/mol. The average molecular weight is 228 g/mol. The van der Waals surface area contributed by atoms with Crippen LogP contribution in [0.1, 0.15) is 46.0 Å². The second kappa shape index (κ2) is 5.64. The van der Waals surface area contributed by atoms with Crippen LogP contribution in [-0.2, 0) is 4.79 Å². The van der Waals surface area contributed by atoms with Gasteiger partial charge in [0.05, 0.1) is 5.54 Å². The van der Waals surface area contributed by atoms with Gasteiger partial charge in [-0.15, -0.1) is 0 Å². The molecule has 1 aliphatic heterocycles. The lowest BCUT2D eigenvalue weighted by Gasteiger charge is -2.39. The van der Waals surface area contributed by atoms with Gasteiger partial charge in [0.15, 0.2) is 0 Å². The predicted molar refractivity (Wildman–Crippen MR) is 63.9 cm³/mol. The third-order valence-electron chi connectivity index (χ3n) is 3.57. The van der Waals surface area contributed by atoms with E-state index in [4.69, 9.17) is 10.8 Å². The molecule has 0 aliphatic carbocycles. The summed E-state index contributed by atoms with van der Waals surface area (Å²) < 4.78 is 0. The fraction of sp³-hybridized carbons (Fsp3) is 0.917. The lowest BCUT2D eigenvalue weighted by molar-refractivity contribution is -0.140. The molecule has 1 aliphatic rings. The van der Waals surface area contributed by atoms with Gasteiger partial charge in [-0.2, -0.15) is 0 Å². The predicted octanol–water partition coefficient (Wildman–Crippen LogP) is 0.877. The number of aliphatic hydroxyl groups is 1. The standard InChI is InChI=1S/C12H24N2O2/c1-3-12(2,13)11(16)14-8-5-4-6-10(14)7-9-15/h10,15H,3-9,13H2,1-2H3. The third kappa shape index (κ3) is 2.95. The van der Waals surface area contributed by atoms with Crippen LogP contribution in [0, 0.1) is 0 Å². The molecule has 2 atom stereocenters. The highest BCUT2D eigenvalue weighted by atomic mass is 16.3. The SMILES string of the molecule is CCC(C)(N)C(=O)N1CCCCC1CCO. The highest BCUT2D eigenvalue weighted by molar-refractivity contribution is 5.86. The molecule has 4 nitrogen and oxygen atoms in total. The molecule has 0 spiro atoms. The minimum Gasteiger partial charge on any atom is -0.396 e. The summed E-state index contributed by atoms with van der Waals surface area (Å²) in [6, 6.07) is 0.181. The Morgan fingerprint density at radius 3 is 2.81 bits per heavy atom. The normalized spacial score (nSPS) is 25.2. The third-order valence-corrected chi connectivity index (χ3v) is 3.57. The van der Waals surface area contributed by atoms with Gasteiger partial charge in [-0.25, -0.2) is 0 Å². The number of carbonyl (C=O) groups excluding carboxylic acids is 1. The van der Waals surface area contributed by atoms with E-state index in [0.29, 0.717) is 12.8 Å². The van der Waals surface area contributed by atoms with E-state index in [9.17, 15) is 4.79 Å². The van der Waals surface area contributed by atoms with Gasteiger partial charge in [0.25, 0.3) is 0 Å². The van der Waals surface area contributed by atoms with Crippen LogP contribution in [0.25, 0.3) is 0 Å². The van der Waals surface area contributed by atoms with E-state index in [2.05, 4.69) is 0 Å². The maximum atomic E-state index is 12.3. The van der Waals surface area contributed by atoms with Gasteiger partial charge in [0, 0.05) is 19.2 Å². The first-order valence-corrected chi connectivity index (χ1v) is 6.23. The lowest BCUT2D eigenvalue weighted by atomic mass is 9.93. The van der Waals surface area contributed by atoms with Crippen LogP contribution in [0.2, 0.25) is 0 Å². The number of amides is 1. The Bertz CT molecular complexity index is 239. The number of likely N-dealkylation sites (tertiary alicyclic amines) is 1. The van der Waals surface area contributed by atoms with Crippen LogP contribution < -0.4 is 5.73 Å². The number of piperidine rings is 1. The number of hydrogen-bond acceptors (Lipinski definition) is 3. The molecule has 0 radical (unpaired) electrons. The van der Waals surface area contributed by atoms with Crippen molar-refractivity contribution in [1.82, 2.24) is 4.90 Å². The first kappa shape index (κ1) is 13.5. The van der Waals surface area contributed by atoms with Crippen molar-refractivity contribution in [2.45, 2.75) is 57.5 Å². The molecule has 1 heterocycles. The Morgan fingerprint density at radius 1 is 1.56 bits per heavy atom. The van der Waals surface area contributed by atoms with E-state index in [1.54, 1.807) is 6.92 Å². The van der Waals surface area contributed by atoms with E-state index >= 15 is 0 Å². The molecule has 1 amide bonds. The van der Waals surface area contributed by atoms with Crippen molar-refractivity contribution in [3.8, 4) is 0 Å². The average Bonchev–Trinajstić information content (AvgIpc) is 2.29. The number of hydrogen-bond donors (Lipinski definition) is 2. The van der Waals surface area contributed by atoms with Crippen molar-refractivity contribution in [3.63, 3.8) is 0 Å². The molecular weight excluding hydrogens is 204 g/mol. The minimum atomic E-state index is -0.759. The van der Waals surface area contributed by atoms with Crippen molar-refractivity contribution >= 4 is 5.91 Å². The molecule has 0 bridgehead atoms. The van der Waals surface area contributed by atoms with Gasteiger partial charge in [0.2, 0.25) is 5.91 Å². The summed E-state index contributed by atoms with van der Waals surface area (Å²) >= 11 is 0. The van der Waals surface area contributed by atoms with Gasteiger partial charge >= 0.3 is 0 Å². The molecule has 2 unspecified atom stereocenters. The molecule has 0 aromatic carbocycles. The second-order valence-corrected chi connectivity index (χ2v) is 4.93. The van der Waals surface area contributed by atoms with Crippen LogP contribution in [0.4, 0.5) is 0 Å². The van der Waals surface area contributed by atoms with E-state index in [-0.39, 0.29) is 18.6 Å². The zero-order valence-electron chi connectivity index (χ0n) is 10.4.